The van der Waals surface area contributed by atoms with Crippen LogP contribution in [0.3, 0.4) is 0 Å². The maximum absolute atomic E-state index is 12.2. The van der Waals surface area contributed by atoms with E-state index >= 15 is 0 Å². The summed E-state index contributed by atoms with van der Waals surface area (Å²) in [5.74, 6) is 0.0497. The second kappa shape index (κ2) is 3.92. The summed E-state index contributed by atoms with van der Waals surface area (Å²) in [6.45, 7) is 3.86. The van der Waals surface area contributed by atoms with Gasteiger partial charge in [-0.1, -0.05) is 25.1 Å². The Morgan fingerprint density at radius 3 is 2.55 bits per heavy atom. The number of carbonyl (C=O) groups excluding carboxylic acids is 1. The van der Waals surface area contributed by atoms with Crippen LogP contribution in [0.15, 0.2) is 29.4 Å². The third-order valence-electron chi connectivity index (χ3n) is 4.38. The maximum Gasteiger partial charge on any atom is 0.247 e. The molecule has 1 aliphatic carbocycles. The molecule has 0 N–H and O–H groups in total. The zero-order valence-electron chi connectivity index (χ0n) is 11.7. The SMILES string of the molecule is CCC(=O)N1N=C(C)c2ccc3c4c(ccc1c24)CC3. The van der Waals surface area contributed by atoms with Crippen LogP contribution < -0.4 is 5.01 Å². The maximum atomic E-state index is 12.2. The number of hydrogen-bond acceptors (Lipinski definition) is 2. The van der Waals surface area contributed by atoms with E-state index in [9.17, 15) is 4.79 Å². The van der Waals surface area contributed by atoms with Crippen LogP contribution >= 0.6 is 0 Å². The van der Waals surface area contributed by atoms with E-state index in [2.05, 4.69) is 29.4 Å². The normalized spacial score (nSPS) is 15.7. The first-order chi connectivity index (χ1) is 9.70. The van der Waals surface area contributed by atoms with Crippen molar-refractivity contribution in [1.82, 2.24) is 0 Å². The van der Waals surface area contributed by atoms with E-state index in [0.29, 0.717) is 6.42 Å². The van der Waals surface area contributed by atoms with Crippen molar-refractivity contribution < 1.29 is 4.79 Å². The molecule has 0 unspecified atom stereocenters. The lowest BCUT2D eigenvalue weighted by atomic mass is 9.95. The molecular formula is C17H16N2O. The van der Waals surface area contributed by atoms with Crippen LogP contribution in [-0.4, -0.2) is 11.6 Å². The molecule has 4 rings (SSSR count). The summed E-state index contributed by atoms with van der Waals surface area (Å²) in [4.78, 5) is 12.2. The standard InChI is InChI=1S/C17H16N2O/c1-3-15(20)19-14-9-7-12-5-4-11-6-8-13(10(2)18-19)17(14)16(11)12/h6-9H,3-5H2,1-2H3. The molecule has 0 bridgehead atoms. The van der Waals surface area contributed by atoms with Crippen molar-refractivity contribution >= 4 is 28.1 Å². The average molecular weight is 264 g/mol. The summed E-state index contributed by atoms with van der Waals surface area (Å²) in [5, 5.41) is 8.65. The number of aryl methyl sites for hydroxylation is 2. The molecule has 1 aliphatic heterocycles. The minimum absolute atomic E-state index is 0.0497. The molecule has 0 fully saturated rings. The van der Waals surface area contributed by atoms with Gasteiger partial charge in [-0.15, -0.1) is 0 Å². The second-order valence-electron chi connectivity index (χ2n) is 5.51. The van der Waals surface area contributed by atoms with E-state index in [1.807, 2.05) is 13.8 Å². The van der Waals surface area contributed by atoms with E-state index in [-0.39, 0.29) is 5.91 Å². The molecule has 2 aromatic carbocycles. The van der Waals surface area contributed by atoms with Gasteiger partial charge < -0.3 is 0 Å². The number of anilines is 1. The summed E-state index contributed by atoms with van der Waals surface area (Å²) in [7, 11) is 0. The minimum Gasteiger partial charge on any atom is -0.273 e. The van der Waals surface area contributed by atoms with Gasteiger partial charge in [0.05, 0.1) is 11.4 Å². The first-order valence-corrected chi connectivity index (χ1v) is 7.16. The Kier molecular flexibility index (Phi) is 2.28. The fourth-order valence-corrected chi connectivity index (χ4v) is 3.39. The highest BCUT2D eigenvalue weighted by Gasteiger charge is 2.27. The van der Waals surface area contributed by atoms with Crippen molar-refractivity contribution in [1.29, 1.82) is 0 Å². The molecule has 2 aromatic rings. The summed E-state index contributed by atoms with van der Waals surface area (Å²) in [6.07, 6.45) is 2.68. The van der Waals surface area contributed by atoms with Gasteiger partial charge in [-0.25, -0.2) is 0 Å². The minimum atomic E-state index is 0.0497. The van der Waals surface area contributed by atoms with E-state index in [1.165, 1.54) is 27.5 Å². The molecule has 0 aromatic heterocycles. The molecule has 20 heavy (non-hydrogen) atoms. The smallest absolute Gasteiger partial charge is 0.247 e. The average Bonchev–Trinajstić information content (AvgIpc) is 2.90. The van der Waals surface area contributed by atoms with Gasteiger partial charge in [0.15, 0.2) is 0 Å². The van der Waals surface area contributed by atoms with Crippen LogP contribution in [0.5, 0.6) is 0 Å². The summed E-state index contributed by atoms with van der Waals surface area (Å²) < 4.78 is 0. The molecular weight excluding hydrogens is 248 g/mol. The van der Waals surface area contributed by atoms with Gasteiger partial charge >= 0.3 is 0 Å². The first-order valence-electron chi connectivity index (χ1n) is 7.16. The van der Waals surface area contributed by atoms with Gasteiger partial charge in [-0.2, -0.15) is 10.1 Å². The first kappa shape index (κ1) is 11.6. The summed E-state index contributed by atoms with van der Waals surface area (Å²) >= 11 is 0. The van der Waals surface area contributed by atoms with E-state index in [0.717, 1.165) is 24.2 Å². The fraction of sp³-hybridized carbons (Fsp3) is 0.294. The number of hydrazone groups is 1. The third-order valence-corrected chi connectivity index (χ3v) is 4.38. The number of rotatable bonds is 1. The topological polar surface area (TPSA) is 32.7 Å². The van der Waals surface area contributed by atoms with Crippen molar-refractivity contribution in [2.24, 2.45) is 5.10 Å². The van der Waals surface area contributed by atoms with Gasteiger partial charge in [0.1, 0.15) is 0 Å². The molecule has 100 valence electrons. The molecule has 1 heterocycles. The third kappa shape index (κ3) is 1.35. The van der Waals surface area contributed by atoms with Crippen molar-refractivity contribution in [2.45, 2.75) is 33.1 Å². The lowest BCUT2D eigenvalue weighted by molar-refractivity contribution is -0.118. The number of carbonyl (C=O) groups is 1. The van der Waals surface area contributed by atoms with Crippen LogP contribution in [-0.2, 0) is 17.6 Å². The number of nitrogens with zero attached hydrogens (tertiary/aromatic N) is 2. The Morgan fingerprint density at radius 1 is 1.15 bits per heavy atom. The van der Waals surface area contributed by atoms with Crippen molar-refractivity contribution in [3.8, 4) is 0 Å². The molecule has 1 amide bonds. The van der Waals surface area contributed by atoms with Crippen molar-refractivity contribution in [2.75, 3.05) is 5.01 Å². The molecule has 0 saturated heterocycles. The van der Waals surface area contributed by atoms with Crippen LogP contribution in [0.25, 0.3) is 10.8 Å². The Bertz CT molecular complexity index is 779. The molecule has 0 radical (unpaired) electrons. The van der Waals surface area contributed by atoms with Crippen molar-refractivity contribution in [3.63, 3.8) is 0 Å². The summed E-state index contributed by atoms with van der Waals surface area (Å²) in [5.41, 5.74) is 5.84. The van der Waals surface area contributed by atoms with Crippen LogP contribution in [0, 0.1) is 0 Å². The Labute approximate surface area is 117 Å². The molecule has 0 saturated carbocycles. The molecule has 0 atom stereocenters. The van der Waals surface area contributed by atoms with Crippen LogP contribution in [0.2, 0.25) is 0 Å². The monoisotopic (exact) mass is 264 g/mol. The Balaban J connectivity index is 2.11. The number of hydrogen-bond donors (Lipinski definition) is 0. The molecule has 3 heteroatoms. The van der Waals surface area contributed by atoms with Crippen LogP contribution in [0.1, 0.15) is 37.0 Å². The predicted octanol–water partition coefficient (Wildman–Crippen LogP) is 3.42. The lowest BCUT2D eigenvalue weighted by Gasteiger charge is -2.26. The van der Waals surface area contributed by atoms with E-state index < -0.39 is 0 Å². The summed E-state index contributed by atoms with van der Waals surface area (Å²) in [6, 6.07) is 8.58. The van der Waals surface area contributed by atoms with Gasteiger partial charge in [0, 0.05) is 17.4 Å². The van der Waals surface area contributed by atoms with Gasteiger partial charge in [-0.05, 0) is 42.3 Å². The highest BCUT2D eigenvalue weighted by molar-refractivity contribution is 6.20. The van der Waals surface area contributed by atoms with Gasteiger partial charge in [0.25, 0.3) is 0 Å². The Hall–Kier alpha value is -2.16. The molecule has 2 aliphatic rings. The zero-order chi connectivity index (χ0) is 13.9. The Morgan fingerprint density at radius 2 is 1.85 bits per heavy atom. The van der Waals surface area contributed by atoms with E-state index in [4.69, 9.17) is 0 Å². The number of amides is 1. The largest absolute Gasteiger partial charge is 0.273 e. The fourth-order valence-electron chi connectivity index (χ4n) is 3.39. The van der Waals surface area contributed by atoms with Crippen LogP contribution in [0.4, 0.5) is 5.69 Å². The van der Waals surface area contributed by atoms with Gasteiger partial charge in [0.2, 0.25) is 5.91 Å². The predicted molar refractivity (Wildman–Crippen MR) is 81.3 cm³/mol. The molecule has 0 spiro atoms. The van der Waals surface area contributed by atoms with E-state index in [1.54, 1.807) is 5.01 Å². The number of benzene rings is 2. The highest BCUT2D eigenvalue weighted by Crippen LogP contribution is 2.41. The second-order valence-corrected chi connectivity index (χ2v) is 5.51. The van der Waals surface area contributed by atoms with Gasteiger partial charge in [-0.3, -0.25) is 4.79 Å². The van der Waals surface area contributed by atoms with Crippen molar-refractivity contribution in [3.05, 3.63) is 41.0 Å². The molecule has 3 nitrogen and oxygen atoms in total. The lowest BCUT2D eigenvalue weighted by Crippen LogP contribution is -2.28. The zero-order valence-corrected chi connectivity index (χ0v) is 11.7. The highest BCUT2D eigenvalue weighted by atomic mass is 16.2. The quantitative estimate of drug-likeness (QED) is 0.776.